The van der Waals surface area contributed by atoms with Crippen molar-refractivity contribution >= 4 is 52.8 Å². The molecule has 1 aliphatic heterocycles. The van der Waals surface area contributed by atoms with Crippen LogP contribution in [-0.4, -0.2) is 57.4 Å². The summed E-state index contributed by atoms with van der Waals surface area (Å²) in [6.45, 7) is 3.03. The smallest absolute Gasteiger partial charge is 0.233 e. The van der Waals surface area contributed by atoms with Crippen LogP contribution in [0.2, 0.25) is 5.02 Å². The van der Waals surface area contributed by atoms with E-state index in [0.29, 0.717) is 53.0 Å². The Morgan fingerprint density at radius 2 is 1.87 bits per heavy atom. The van der Waals surface area contributed by atoms with Crippen molar-refractivity contribution in [3.63, 3.8) is 0 Å². The summed E-state index contributed by atoms with van der Waals surface area (Å²) in [5, 5.41) is 4.98. The van der Waals surface area contributed by atoms with Gasteiger partial charge < -0.3 is 4.90 Å². The van der Waals surface area contributed by atoms with E-state index in [1.165, 1.54) is 29.2 Å². The largest absolute Gasteiger partial charge is 0.339 e. The number of carbonyl (C=O) groups is 1. The number of aromatic nitrogens is 2. The lowest BCUT2D eigenvalue weighted by Crippen LogP contribution is -2.48. The summed E-state index contributed by atoms with van der Waals surface area (Å²) in [6.07, 6.45) is 0. The average Bonchev–Trinajstić information content (AvgIpc) is 3.16. The minimum absolute atomic E-state index is 0.0703. The fourth-order valence-corrected chi connectivity index (χ4v) is 5.82. The summed E-state index contributed by atoms with van der Waals surface area (Å²) < 4.78 is 17.2. The van der Waals surface area contributed by atoms with Crippen LogP contribution in [0.5, 0.6) is 0 Å². The van der Waals surface area contributed by atoms with Crippen LogP contribution in [0.15, 0.2) is 52.9 Å². The Bertz CT molecular complexity index is 1090. The molecule has 0 radical (unpaired) electrons. The minimum atomic E-state index is -0.292. The molecule has 2 aromatic carbocycles. The van der Waals surface area contributed by atoms with Gasteiger partial charge in [-0.25, -0.2) is 9.07 Å². The maximum absolute atomic E-state index is 14.0. The van der Waals surface area contributed by atoms with Crippen molar-refractivity contribution in [2.24, 2.45) is 0 Å². The van der Waals surface area contributed by atoms with Crippen molar-refractivity contribution < 1.29 is 9.18 Å². The number of halogens is 2. The van der Waals surface area contributed by atoms with E-state index in [9.17, 15) is 9.18 Å². The molecule has 1 aromatic heterocycles. The van der Waals surface area contributed by atoms with Crippen molar-refractivity contribution in [2.45, 2.75) is 10.9 Å². The summed E-state index contributed by atoms with van der Waals surface area (Å²) in [5.74, 6) is 0.0941. The van der Waals surface area contributed by atoms with Gasteiger partial charge in [-0.2, -0.15) is 0 Å². The molecular weight excluding hydrogens is 475 g/mol. The molecule has 0 atom stereocenters. The maximum atomic E-state index is 14.0. The van der Waals surface area contributed by atoms with Gasteiger partial charge in [0.25, 0.3) is 0 Å². The molecule has 0 N–H and O–H groups in total. The second-order valence-electron chi connectivity index (χ2n) is 7.03. The Labute approximate surface area is 198 Å². The van der Waals surface area contributed by atoms with Crippen LogP contribution >= 0.6 is 46.9 Å². The molecule has 0 bridgehead atoms. The molecule has 1 aliphatic rings. The molecule has 3 aromatic rings. The summed E-state index contributed by atoms with van der Waals surface area (Å²) in [5.41, 5.74) is 1.42. The number of hydrogen-bond donors (Lipinski definition) is 0. The van der Waals surface area contributed by atoms with E-state index in [0.717, 1.165) is 10.0 Å². The Hall–Kier alpha value is -1.78. The van der Waals surface area contributed by atoms with Gasteiger partial charge in [0.05, 0.1) is 11.4 Å². The van der Waals surface area contributed by atoms with Crippen LogP contribution in [0.3, 0.4) is 0 Å². The van der Waals surface area contributed by atoms with Crippen LogP contribution < -0.4 is 0 Å². The first-order chi connectivity index (χ1) is 15.0. The van der Waals surface area contributed by atoms with Gasteiger partial charge >= 0.3 is 0 Å². The lowest BCUT2D eigenvalue weighted by atomic mass is 10.2. The third-order valence-corrected chi connectivity index (χ3v) is 7.72. The summed E-state index contributed by atoms with van der Waals surface area (Å²) in [6, 6.07) is 14.4. The number of benzene rings is 2. The van der Waals surface area contributed by atoms with Gasteiger partial charge in [0.2, 0.25) is 5.91 Å². The van der Waals surface area contributed by atoms with Crippen molar-refractivity contribution in [1.29, 1.82) is 0 Å². The first-order valence-electron chi connectivity index (χ1n) is 9.72. The molecule has 4 rings (SSSR count). The fraction of sp³-hybridized carbons (Fsp3) is 0.286. The third kappa shape index (κ3) is 5.53. The second kappa shape index (κ2) is 10.2. The zero-order chi connectivity index (χ0) is 21.8. The number of nitrogens with zero attached hydrogens (tertiary/aromatic N) is 4. The van der Waals surface area contributed by atoms with Gasteiger partial charge in [0.15, 0.2) is 8.29 Å². The number of carbonyl (C=O) groups excluding carboxylic acids is 1. The van der Waals surface area contributed by atoms with Crippen molar-refractivity contribution in [3.8, 4) is 5.69 Å². The standard InChI is InChI=1S/C21H20ClFN4OS3/c22-17-7-4-8-18(23)16(17)13-25-9-11-26(12-10-25)19(28)14-30-20-24-27(21(29)31-20)15-5-2-1-3-6-15/h1-8H,9-14H2. The normalized spacial score (nSPS) is 14.7. The van der Waals surface area contributed by atoms with Crippen LogP contribution in [-0.2, 0) is 11.3 Å². The highest BCUT2D eigenvalue weighted by Crippen LogP contribution is 2.25. The highest BCUT2D eigenvalue weighted by molar-refractivity contribution is 8.01. The van der Waals surface area contributed by atoms with E-state index in [2.05, 4.69) is 10.00 Å². The molecule has 5 nitrogen and oxygen atoms in total. The maximum Gasteiger partial charge on any atom is 0.233 e. The van der Waals surface area contributed by atoms with Crippen LogP contribution in [0.1, 0.15) is 5.56 Å². The Kier molecular flexibility index (Phi) is 7.39. The highest BCUT2D eigenvalue weighted by atomic mass is 35.5. The van der Waals surface area contributed by atoms with Crippen LogP contribution in [0.25, 0.3) is 5.69 Å². The van der Waals surface area contributed by atoms with E-state index >= 15 is 0 Å². The van der Waals surface area contributed by atoms with Crippen molar-refractivity contribution in [3.05, 3.63) is 68.9 Å². The van der Waals surface area contributed by atoms with Crippen LogP contribution in [0.4, 0.5) is 4.39 Å². The molecule has 1 fully saturated rings. The molecule has 0 aliphatic carbocycles. The quantitative estimate of drug-likeness (QED) is 0.360. The molecule has 1 amide bonds. The lowest BCUT2D eigenvalue weighted by Gasteiger charge is -2.34. The van der Waals surface area contributed by atoms with E-state index in [1.54, 1.807) is 16.8 Å². The Morgan fingerprint density at radius 1 is 1.13 bits per heavy atom. The molecule has 2 heterocycles. The molecular formula is C21H20ClFN4OS3. The molecule has 10 heteroatoms. The van der Waals surface area contributed by atoms with E-state index in [4.69, 9.17) is 23.8 Å². The van der Waals surface area contributed by atoms with Gasteiger partial charge in [-0.3, -0.25) is 9.69 Å². The molecule has 0 spiro atoms. The van der Waals surface area contributed by atoms with Gasteiger partial charge in [0, 0.05) is 43.3 Å². The Morgan fingerprint density at radius 3 is 2.58 bits per heavy atom. The molecule has 1 saturated heterocycles. The molecule has 0 saturated carbocycles. The summed E-state index contributed by atoms with van der Waals surface area (Å²) >= 11 is 14.4. The number of para-hydroxylation sites is 1. The fourth-order valence-electron chi connectivity index (χ4n) is 3.33. The number of rotatable bonds is 6. The van der Waals surface area contributed by atoms with Gasteiger partial charge in [-0.1, -0.05) is 59.0 Å². The number of thioether (sulfide) groups is 1. The molecule has 31 heavy (non-hydrogen) atoms. The highest BCUT2D eigenvalue weighted by Gasteiger charge is 2.23. The Balaban J connectivity index is 1.29. The monoisotopic (exact) mass is 494 g/mol. The number of piperazine rings is 1. The SMILES string of the molecule is O=C(CSc1nn(-c2ccccc2)c(=S)s1)N1CCN(Cc2c(F)cccc2Cl)CC1. The van der Waals surface area contributed by atoms with E-state index < -0.39 is 0 Å². The summed E-state index contributed by atoms with van der Waals surface area (Å²) in [7, 11) is 0. The summed E-state index contributed by atoms with van der Waals surface area (Å²) in [4.78, 5) is 16.6. The van der Waals surface area contributed by atoms with Crippen molar-refractivity contribution in [1.82, 2.24) is 19.6 Å². The lowest BCUT2D eigenvalue weighted by molar-refractivity contribution is -0.130. The van der Waals surface area contributed by atoms with E-state index in [1.807, 2.05) is 35.2 Å². The number of amides is 1. The van der Waals surface area contributed by atoms with Gasteiger partial charge in [0.1, 0.15) is 5.82 Å². The van der Waals surface area contributed by atoms with Crippen LogP contribution in [0, 0.1) is 9.77 Å². The first kappa shape index (κ1) is 22.4. The average molecular weight is 495 g/mol. The van der Waals surface area contributed by atoms with Crippen molar-refractivity contribution in [2.75, 3.05) is 31.9 Å². The first-order valence-corrected chi connectivity index (χ1v) is 12.3. The predicted octanol–water partition coefficient (Wildman–Crippen LogP) is 4.89. The number of hydrogen-bond acceptors (Lipinski definition) is 6. The van der Waals surface area contributed by atoms with E-state index in [-0.39, 0.29) is 11.7 Å². The minimum Gasteiger partial charge on any atom is -0.339 e. The molecule has 162 valence electrons. The zero-order valence-corrected chi connectivity index (χ0v) is 19.7. The third-order valence-electron chi connectivity index (χ3n) is 5.02. The predicted molar refractivity (Wildman–Crippen MR) is 126 cm³/mol. The van der Waals surface area contributed by atoms with Gasteiger partial charge in [-0.15, -0.1) is 5.10 Å². The molecule has 0 unspecified atom stereocenters. The second-order valence-corrected chi connectivity index (χ2v) is 10.3. The van der Waals surface area contributed by atoms with Gasteiger partial charge in [-0.05, 0) is 36.5 Å². The zero-order valence-electron chi connectivity index (χ0n) is 16.5. The topological polar surface area (TPSA) is 41.4 Å².